The number of benzene rings is 1. The summed E-state index contributed by atoms with van der Waals surface area (Å²) in [5, 5.41) is 3.68. The normalized spacial score (nSPS) is 22.0. The minimum absolute atomic E-state index is 0. The third-order valence-electron chi connectivity index (χ3n) is 6.24. The predicted molar refractivity (Wildman–Crippen MR) is 126 cm³/mol. The Bertz CT molecular complexity index is 632. The van der Waals surface area contributed by atoms with Crippen molar-refractivity contribution in [1.82, 2.24) is 10.2 Å². The van der Waals surface area contributed by atoms with Crippen molar-refractivity contribution in [1.29, 1.82) is 0 Å². The number of morpholine rings is 1. The zero-order valence-corrected chi connectivity index (χ0v) is 19.9. The lowest BCUT2D eigenvalue weighted by Gasteiger charge is -2.37. The van der Waals surface area contributed by atoms with E-state index in [2.05, 4.69) is 46.4 Å². The van der Waals surface area contributed by atoms with Crippen LogP contribution in [0.1, 0.15) is 49.3 Å². The van der Waals surface area contributed by atoms with Crippen LogP contribution in [0.5, 0.6) is 0 Å². The van der Waals surface area contributed by atoms with E-state index in [1.54, 1.807) is 7.11 Å². The van der Waals surface area contributed by atoms with E-state index in [1.807, 2.05) is 7.05 Å². The van der Waals surface area contributed by atoms with Gasteiger partial charge in [0.05, 0.1) is 13.2 Å². The van der Waals surface area contributed by atoms with Gasteiger partial charge in [0.25, 0.3) is 0 Å². The molecule has 1 aliphatic carbocycles. The Balaban J connectivity index is 0.00000280. The molecule has 1 N–H and O–H groups in total. The fourth-order valence-electron chi connectivity index (χ4n) is 4.54. The van der Waals surface area contributed by atoms with E-state index in [4.69, 9.17) is 9.47 Å². The predicted octanol–water partition coefficient (Wildman–Crippen LogP) is 4.16. The fraction of sp³-hybridized carbons (Fsp3) is 0.682. The Kier molecular flexibility index (Phi) is 9.50. The maximum Gasteiger partial charge on any atom is 0.193 e. The molecule has 0 bridgehead atoms. The Labute approximate surface area is 187 Å². The van der Waals surface area contributed by atoms with Crippen molar-refractivity contribution in [3.63, 3.8) is 0 Å². The summed E-state index contributed by atoms with van der Waals surface area (Å²) in [6, 6.07) is 8.51. The summed E-state index contributed by atoms with van der Waals surface area (Å²) in [4.78, 5) is 6.93. The van der Waals surface area contributed by atoms with Crippen molar-refractivity contribution in [2.24, 2.45) is 10.4 Å². The van der Waals surface area contributed by atoms with E-state index < -0.39 is 0 Å². The Morgan fingerprint density at radius 3 is 2.75 bits per heavy atom. The largest absolute Gasteiger partial charge is 0.385 e. The third kappa shape index (κ3) is 5.83. The maximum atomic E-state index is 6.08. The minimum atomic E-state index is 0. The van der Waals surface area contributed by atoms with E-state index in [0.29, 0.717) is 5.41 Å². The summed E-state index contributed by atoms with van der Waals surface area (Å²) in [6.45, 7) is 6.43. The topological polar surface area (TPSA) is 46.1 Å². The van der Waals surface area contributed by atoms with Crippen molar-refractivity contribution in [3.8, 4) is 0 Å². The SMILES string of the molecule is CN=C(NCC1(CCOC)CCCC1)N1CCOC(c2ccccc2C)C1.I. The molecule has 1 aliphatic heterocycles. The van der Waals surface area contributed by atoms with Crippen LogP contribution in [0.15, 0.2) is 29.3 Å². The van der Waals surface area contributed by atoms with Crippen molar-refractivity contribution >= 4 is 29.9 Å². The highest BCUT2D eigenvalue weighted by Gasteiger charge is 2.34. The summed E-state index contributed by atoms with van der Waals surface area (Å²) >= 11 is 0. The molecule has 1 saturated carbocycles. The number of hydrogen-bond acceptors (Lipinski definition) is 3. The van der Waals surface area contributed by atoms with Crippen molar-refractivity contribution < 1.29 is 9.47 Å². The molecule has 1 atom stereocenters. The van der Waals surface area contributed by atoms with Gasteiger partial charge >= 0.3 is 0 Å². The minimum Gasteiger partial charge on any atom is -0.385 e. The number of halogens is 1. The number of nitrogens with one attached hydrogen (secondary N) is 1. The van der Waals surface area contributed by atoms with Crippen LogP contribution in [0.3, 0.4) is 0 Å². The molecule has 6 heteroatoms. The van der Waals surface area contributed by atoms with Gasteiger partial charge in [-0.2, -0.15) is 0 Å². The summed E-state index contributed by atoms with van der Waals surface area (Å²) in [5.74, 6) is 1.00. The first-order chi connectivity index (χ1) is 13.2. The molecule has 1 aromatic rings. The van der Waals surface area contributed by atoms with Crippen LogP contribution in [-0.2, 0) is 9.47 Å². The van der Waals surface area contributed by atoms with Crippen molar-refractivity contribution in [2.75, 3.05) is 47.0 Å². The molecule has 1 unspecified atom stereocenters. The standard InChI is InChI=1S/C22H35N3O2.HI/c1-18-8-4-5-9-19(18)20-16-25(13-15-27-20)21(23-2)24-17-22(12-14-26-3)10-6-7-11-22;/h4-5,8-9,20H,6-7,10-17H2,1-3H3,(H,23,24);1H. The van der Waals surface area contributed by atoms with Gasteiger partial charge < -0.3 is 19.7 Å². The fourth-order valence-corrected chi connectivity index (χ4v) is 4.54. The zero-order chi connectivity index (χ0) is 19.1. The van der Waals surface area contributed by atoms with Crippen LogP contribution in [0.25, 0.3) is 0 Å². The molecular formula is C22H36IN3O2. The van der Waals surface area contributed by atoms with Gasteiger partial charge in [0.1, 0.15) is 6.10 Å². The molecule has 0 aromatic heterocycles. The number of rotatable bonds is 6. The van der Waals surface area contributed by atoms with Crippen molar-refractivity contribution in [2.45, 2.75) is 45.1 Å². The molecule has 1 heterocycles. The Morgan fingerprint density at radius 1 is 1.32 bits per heavy atom. The monoisotopic (exact) mass is 501 g/mol. The van der Waals surface area contributed by atoms with Gasteiger partial charge in [0, 0.05) is 33.9 Å². The highest BCUT2D eigenvalue weighted by molar-refractivity contribution is 14.0. The molecule has 158 valence electrons. The molecule has 0 spiro atoms. The van der Waals surface area contributed by atoms with Gasteiger partial charge in [-0.05, 0) is 42.7 Å². The van der Waals surface area contributed by atoms with E-state index in [1.165, 1.54) is 36.8 Å². The first-order valence-corrected chi connectivity index (χ1v) is 10.3. The molecule has 2 aliphatic rings. The summed E-state index contributed by atoms with van der Waals surface area (Å²) in [5.41, 5.74) is 2.93. The number of guanidine groups is 1. The maximum absolute atomic E-state index is 6.08. The van der Waals surface area contributed by atoms with Crippen LogP contribution >= 0.6 is 24.0 Å². The molecule has 3 rings (SSSR count). The third-order valence-corrected chi connectivity index (χ3v) is 6.24. The van der Waals surface area contributed by atoms with Crippen LogP contribution < -0.4 is 5.32 Å². The molecule has 1 saturated heterocycles. The van der Waals surface area contributed by atoms with Gasteiger partial charge in [0.15, 0.2) is 5.96 Å². The number of methoxy groups -OCH3 is 1. The van der Waals surface area contributed by atoms with Crippen LogP contribution in [0.4, 0.5) is 0 Å². The Hall–Kier alpha value is -0.860. The number of ether oxygens (including phenoxy) is 2. The number of hydrogen-bond donors (Lipinski definition) is 1. The average Bonchev–Trinajstić information content (AvgIpc) is 3.17. The highest BCUT2D eigenvalue weighted by Crippen LogP contribution is 2.40. The van der Waals surface area contributed by atoms with Gasteiger partial charge in [-0.3, -0.25) is 4.99 Å². The van der Waals surface area contributed by atoms with Gasteiger partial charge in [-0.15, -0.1) is 24.0 Å². The second kappa shape index (κ2) is 11.4. The number of aryl methyl sites for hydroxylation is 1. The first-order valence-electron chi connectivity index (χ1n) is 10.3. The highest BCUT2D eigenvalue weighted by atomic mass is 127. The van der Waals surface area contributed by atoms with E-state index in [9.17, 15) is 0 Å². The number of aliphatic imine (C=N–C) groups is 1. The molecule has 1 aromatic carbocycles. The Morgan fingerprint density at radius 2 is 2.07 bits per heavy atom. The van der Waals surface area contributed by atoms with Crippen molar-refractivity contribution in [3.05, 3.63) is 35.4 Å². The summed E-state index contributed by atoms with van der Waals surface area (Å²) < 4.78 is 11.4. The first kappa shape index (κ1) is 23.4. The second-order valence-corrected chi connectivity index (χ2v) is 8.01. The molecule has 0 amide bonds. The van der Waals surface area contributed by atoms with E-state index >= 15 is 0 Å². The molecule has 0 radical (unpaired) electrons. The second-order valence-electron chi connectivity index (χ2n) is 8.01. The number of nitrogens with zero attached hydrogens (tertiary/aromatic N) is 2. The molecule has 2 fully saturated rings. The molecule has 5 nitrogen and oxygen atoms in total. The van der Waals surface area contributed by atoms with E-state index in [0.717, 1.165) is 45.2 Å². The zero-order valence-electron chi connectivity index (χ0n) is 17.6. The summed E-state index contributed by atoms with van der Waals surface area (Å²) in [6.07, 6.45) is 6.47. The summed E-state index contributed by atoms with van der Waals surface area (Å²) in [7, 11) is 3.69. The lowest BCUT2D eigenvalue weighted by atomic mass is 9.83. The van der Waals surface area contributed by atoms with Crippen LogP contribution in [0, 0.1) is 12.3 Å². The van der Waals surface area contributed by atoms with Gasteiger partial charge in [-0.1, -0.05) is 37.1 Å². The van der Waals surface area contributed by atoms with Gasteiger partial charge in [-0.25, -0.2) is 0 Å². The van der Waals surface area contributed by atoms with Crippen LogP contribution in [-0.4, -0.2) is 57.9 Å². The van der Waals surface area contributed by atoms with Crippen LogP contribution in [0.2, 0.25) is 0 Å². The molecular weight excluding hydrogens is 465 g/mol. The van der Waals surface area contributed by atoms with Gasteiger partial charge in [0.2, 0.25) is 0 Å². The lowest BCUT2D eigenvalue weighted by Crippen LogP contribution is -2.50. The van der Waals surface area contributed by atoms with E-state index in [-0.39, 0.29) is 30.1 Å². The average molecular weight is 501 g/mol. The molecule has 28 heavy (non-hydrogen) atoms. The lowest BCUT2D eigenvalue weighted by molar-refractivity contribution is -0.00854. The smallest absolute Gasteiger partial charge is 0.193 e. The quantitative estimate of drug-likeness (QED) is 0.362.